The van der Waals surface area contributed by atoms with Crippen LogP contribution in [-0.4, -0.2) is 53.3 Å². The highest BCUT2D eigenvalue weighted by atomic mass is 16.5. The first-order valence-corrected chi connectivity index (χ1v) is 10.5. The lowest BCUT2D eigenvalue weighted by atomic mass is 9.82. The molecule has 0 saturated carbocycles. The van der Waals surface area contributed by atoms with Crippen LogP contribution in [0.15, 0.2) is 48.5 Å². The molecule has 2 heterocycles. The van der Waals surface area contributed by atoms with Gasteiger partial charge in [0, 0.05) is 37.8 Å². The largest absolute Gasteiger partial charge is 0.497 e. The summed E-state index contributed by atoms with van der Waals surface area (Å²) < 4.78 is 5.16. The van der Waals surface area contributed by atoms with Crippen molar-refractivity contribution in [3.05, 3.63) is 59.7 Å². The minimum atomic E-state index is -0.626. The Balaban J connectivity index is 1.55. The number of piperidine rings is 1. The number of rotatable bonds is 5. The fourth-order valence-electron chi connectivity index (χ4n) is 4.60. The topological polar surface area (TPSA) is 79.0 Å². The van der Waals surface area contributed by atoms with E-state index < -0.39 is 5.54 Å². The Morgan fingerprint density at radius 1 is 1.06 bits per heavy atom. The van der Waals surface area contributed by atoms with E-state index in [9.17, 15) is 14.4 Å². The van der Waals surface area contributed by atoms with Crippen molar-refractivity contribution in [3.8, 4) is 5.75 Å². The summed E-state index contributed by atoms with van der Waals surface area (Å²) in [6, 6.07) is 14.8. The Hall–Kier alpha value is -3.35. The van der Waals surface area contributed by atoms with E-state index >= 15 is 0 Å². The van der Waals surface area contributed by atoms with Crippen LogP contribution in [0.5, 0.6) is 5.75 Å². The molecule has 2 aromatic carbocycles. The normalized spacial score (nSPS) is 17.3. The molecule has 0 unspecified atom stereocenters. The highest BCUT2D eigenvalue weighted by Gasteiger charge is 2.47. The molecule has 0 aromatic heterocycles. The summed E-state index contributed by atoms with van der Waals surface area (Å²) in [4.78, 5) is 41.7. The predicted molar refractivity (Wildman–Crippen MR) is 117 cm³/mol. The molecule has 4 rings (SSSR count). The highest BCUT2D eigenvalue weighted by molar-refractivity contribution is 5.99. The Kier molecular flexibility index (Phi) is 5.67. The SMILES string of the molecule is COc1ccc(NC(=O)CC2(N3Cc4ccccc4C3=O)CCN(C(C)=O)CC2)cc1. The van der Waals surface area contributed by atoms with Gasteiger partial charge < -0.3 is 19.9 Å². The third kappa shape index (κ3) is 4.13. The minimum absolute atomic E-state index is 0.0207. The molecule has 2 aliphatic rings. The van der Waals surface area contributed by atoms with E-state index in [1.54, 1.807) is 43.2 Å². The molecule has 1 N–H and O–H groups in total. The molecule has 31 heavy (non-hydrogen) atoms. The van der Waals surface area contributed by atoms with Gasteiger partial charge in [-0.1, -0.05) is 18.2 Å². The van der Waals surface area contributed by atoms with Gasteiger partial charge in [0.15, 0.2) is 0 Å². The fourth-order valence-corrected chi connectivity index (χ4v) is 4.60. The Bertz CT molecular complexity index is 994. The van der Waals surface area contributed by atoms with E-state index in [0.29, 0.717) is 49.5 Å². The molecule has 1 fully saturated rings. The number of nitrogens with zero attached hydrogens (tertiary/aromatic N) is 2. The summed E-state index contributed by atoms with van der Waals surface area (Å²) in [5.41, 5.74) is 1.74. The summed E-state index contributed by atoms with van der Waals surface area (Å²) in [5.74, 6) is 0.549. The van der Waals surface area contributed by atoms with Crippen molar-refractivity contribution in [1.82, 2.24) is 9.80 Å². The van der Waals surface area contributed by atoms with E-state index in [1.807, 2.05) is 29.2 Å². The number of methoxy groups -OCH3 is 1. The molecule has 0 bridgehead atoms. The predicted octanol–water partition coefficient (Wildman–Crippen LogP) is 3.06. The summed E-state index contributed by atoms with van der Waals surface area (Å²) in [6.07, 6.45) is 1.33. The van der Waals surface area contributed by atoms with E-state index in [-0.39, 0.29) is 24.1 Å². The quantitative estimate of drug-likeness (QED) is 0.805. The van der Waals surface area contributed by atoms with Crippen molar-refractivity contribution in [1.29, 1.82) is 0 Å². The number of hydrogen-bond acceptors (Lipinski definition) is 4. The zero-order valence-electron chi connectivity index (χ0n) is 17.9. The van der Waals surface area contributed by atoms with Gasteiger partial charge in [-0.2, -0.15) is 0 Å². The number of ether oxygens (including phenoxy) is 1. The first kappa shape index (κ1) is 20.9. The Labute approximate surface area is 182 Å². The number of nitrogens with one attached hydrogen (secondary N) is 1. The summed E-state index contributed by atoms with van der Waals surface area (Å²) in [6.45, 7) is 3.11. The van der Waals surface area contributed by atoms with E-state index in [2.05, 4.69) is 5.32 Å². The van der Waals surface area contributed by atoms with Gasteiger partial charge in [0.2, 0.25) is 11.8 Å². The molecule has 0 aliphatic carbocycles. The van der Waals surface area contributed by atoms with Crippen LogP contribution in [0.25, 0.3) is 0 Å². The van der Waals surface area contributed by atoms with Crippen molar-refractivity contribution in [3.63, 3.8) is 0 Å². The van der Waals surface area contributed by atoms with Gasteiger partial charge in [-0.3, -0.25) is 14.4 Å². The summed E-state index contributed by atoms with van der Waals surface area (Å²) in [5, 5.41) is 2.95. The maximum absolute atomic E-state index is 13.2. The van der Waals surface area contributed by atoms with Gasteiger partial charge in [0.05, 0.1) is 19.1 Å². The molecule has 0 radical (unpaired) electrons. The molecular formula is C24H27N3O4. The second kappa shape index (κ2) is 8.41. The smallest absolute Gasteiger partial charge is 0.254 e. The maximum atomic E-state index is 13.2. The highest BCUT2D eigenvalue weighted by Crippen LogP contribution is 2.38. The zero-order chi connectivity index (χ0) is 22.0. The molecular weight excluding hydrogens is 394 g/mol. The second-order valence-electron chi connectivity index (χ2n) is 8.23. The lowest BCUT2D eigenvalue weighted by Gasteiger charge is -2.47. The van der Waals surface area contributed by atoms with Crippen LogP contribution in [0.3, 0.4) is 0 Å². The molecule has 7 heteroatoms. The number of benzene rings is 2. The summed E-state index contributed by atoms with van der Waals surface area (Å²) >= 11 is 0. The van der Waals surface area contributed by atoms with E-state index in [1.165, 1.54) is 0 Å². The molecule has 3 amide bonds. The van der Waals surface area contributed by atoms with Gasteiger partial charge >= 0.3 is 0 Å². The van der Waals surface area contributed by atoms with Crippen LogP contribution in [0.1, 0.15) is 42.1 Å². The second-order valence-corrected chi connectivity index (χ2v) is 8.23. The van der Waals surface area contributed by atoms with Crippen LogP contribution in [0.4, 0.5) is 5.69 Å². The number of likely N-dealkylation sites (tertiary alicyclic amines) is 1. The number of carbonyl (C=O) groups is 3. The van der Waals surface area contributed by atoms with Gasteiger partial charge in [-0.15, -0.1) is 0 Å². The number of amides is 3. The van der Waals surface area contributed by atoms with E-state index in [0.717, 1.165) is 5.56 Å². The fraction of sp³-hybridized carbons (Fsp3) is 0.375. The zero-order valence-corrected chi connectivity index (χ0v) is 17.9. The number of fused-ring (bicyclic) bond motifs is 1. The van der Waals surface area contributed by atoms with Gasteiger partial charge in [-0.05, 0) is 48.7 Å². The average molecular weight is 421 g/mol. The van der Waals surface area contributed by atoms with Crippen molar-refractivity contribution < 1.29 is 19.1 Å². The molecule has 0 spiro atoms. The van der Waals surface area contributed by atoms with Crippen LogP contribution in [-0.2, 0) is 16.1 Å². The third-order valence-corrected chi connectivity index (χ3v) is 6.40. The molecule has 2 aromatic rings. The Morgan fingerprint density at radius 3 is 2.35 bits per heavy atom. The first-order chi connectivity index (χ1) is 14.9. The maximum Gasteiger partial charge on any atom is 0.254 e. The van der Waals surface area contributed by atoms with Gasteiger partial charge in [0.25, 0.3) is 5.91 Å². The summed E-state index contributed by atoms with van der Waals surface area (Å²) in [7, 11) is 1.59. The first-order valence-electron chi connectivity index (χ1n) is 10.5. The van der Waals surface area contributed by atoms with Crippen molar-refractivity contribution in [2.24, 2.45) is 0 Å². The Morgan fingerprint density at radius 2 is 1.74 bits per heavy atom. The van der Waals surface area contributed by atoms with E-state index in [4.69, 9.17) is 4.74 Å². The lowest BCUT2D eigenvalue weighted by Crippen LogP contribution is -2.57. The number of hydrogen-bond donors (Lipinski definition) is 1. The number of anilines is 1. The molecule has 7 nitrogen and oxygen atoms in total. The average Bonchev–Trinajstić information content (AvgIpc) is 3.12. The van der Waals surface area contributed by atoms with Crippen molar-refractivity contribution >= 4 is 23.4 Å². The van der Waals surface area contributed by atoms with Crippen LogP contribution in [0, 0.1) is 0 Å². The van der Waals surface area contributed by atoms with Gasteiger partial charge in [0.1, 0.15) is 5.75 Å². The molecule has 162 valence electrons. The molecule has 1 saturated heterocycles. The minimum Gasteiger partial charge on any atom is -0.497 e. The van der Waals surface area contributed by atoms with Crippen molar-refractivity contribution in [2.75, 3.05) is 25.5 Å². The number of carbonyl (C=O) groups excluding carboxylic acids is 3. The molecule has 0 atom stereocenters. The molecule has 2 aliphatic heterocycles. The van der Waals surface area contributed by atoms with Gasteiger partial charge in [-0.25, -0.2) is 0 Å². The lowest BCUT2D eigenvalue weighted by molar-refractivity contribution is -0.131. The standard InChI is InChI=1S/C24H27N3O4/c1-17(28)26-13-11-24(12-14-26,27-16-18-5-3-4-6-21(18)23(27)30)15-22(29)25-19-7-9-20(31-2)10-8-19/h3-10H,11-16H2,1-2H3,(H,25,29). The third-order valence-electron chi connectivity index (χ3n) is 6.40. The van der Waals surface area contributed by atoms with Crippen LogP contribution >= 0.6 is 0 Å². The van der Waals surface area contributed by atoms with Crippen molar-refractivity contribution in [2.45, 2.75) is 38.3 Å². The van der Waals surface area contributed by atoms with Crippen LogP contribution < -0.4 is 10.1 Å². The van der Waals surface area contributed by atoms with Crippen LogP contribution in [0.2, 0.25) is 0 Å². The monoisotopic (exact) mass is 421 g/mol.